The summed E-state index contributed by atoms with van der Waals surface area (Å²) < 4.78 is 78.4. The molecule has 1 N–H and O–H groups in total. The lowest BCUT2D eigenvalue weighted by Gasteiger charge is -2.27. The van der Waals surface area contributed by atoms with E-state index in [0.717, 1.165) is 0 Å². The van der Waals surface area contributed by atoms with Crippen molar-refractivity contribution in [2.45, 2.75) is 18.9 Å². The summed E-state index contributed by atoms with van der Waals surface area (Å²) in [4.78, 5) is 13.5. The summed E-state index contributed by atoms with van der Waals surface area (Å²) in [7, 11) is 0. The van der Waals surface area contributed by atoms with Crippen LogP contribution >= 0.6 is 0 Å². The molecule has 0 saturated carbocycles. The van der Waals surface area contributed by atoms with Gasteiger partial charge in [0.25, 0.3) is 0 Å². The molecule has 0 atom stereocenters. The molecule has 0 unspecified atom stereocenters. The summed E-state index contributed by atoms with van der Waals surface area (Å²) in [6.45, 7) is 1.53. The van der Waals surface area contributed by atoms with Crippen LogP contribution < -0.4 is 5.32 Å². The first-order valence-electron chi connectivity index (χ1n) is 8.41. The predicted octanol–water partition coefficient (Wildman–Crippen LogP) is 4.32. The Morgan fingerprint density at radius 3 is 2.11 bits per heavy atom. The minimum Gasteiger partial charge on any atom is -0.336 e. The first kappa shape index (κ1) is 20.2. The SMILES string of the molecule is O=C1CNCCN1Cc1cccc(-c2cc(C(F)(F)F)cc(C(F)(F)F)c2)c1. The first-order valence-corrected chi connectivity index (χ1v) is 8.41. The number of halogens is 6. The first-order chi connectivity index (χ1) is 13.0. The van der Waals surface area contributed by atoms with Gasteiger partial charge in [0.2, 0.25) is 5.91 Å². The highest BCUT2D eigenvalue weighted by Crippen LogP contribution is 2.38. The van der Waals surface area contributed by atoms with Gasteiger partial charge >= 0.3 is 12.4 Å². The molecule has 2 aromatic carbocycles. The van der Waals surface area contributed by atoms with Crippen molar-refractivity contribution in [3.8, 4) is 11.1 Å². The number of carbonyl (C=O) groups is 1. The number of benzene rings is 2. The Morgan fingerprint density at radius 2 is 1.54 bits per heavy atom. The van der Waals surface area contributed by atoms with Gasteiger partial charge in [-0.1, -0.05) is 18.2 Å². The van der Waals surface area contributed by atoms with Crippen molar-refractivity contribution in [3.05, 3.63) is 59.2 Å². The molecular formula is C19H16F6N2O. The predicted molar refractivity (Wildman–Crippen MR) is 90.2 cm³/mol. The number of rotatable bonds is 3. The highest BCUT2D eigenvalue weighted by atomic mass is 19.4. The molecule has 1 aliphatic heterocycles. The van der Waals surface area contributed by atoms with Gasteiger partial charge in [0.05, 0.1) is 17.7 Å². The molecule has 150 valence electrons. The van der Waals surface area contributed by atoms with Crippen LogP contribution in [-0.4, -0.2) is 30.4 Å². The third kappa shape index (κ3) is 4.64. The van der Waals surface area contributed by atoms with E-state index in [1.807, 2.05) is 0 Å². The summed E-state index contributed by atoms with van der Waals surface area (Å²) in [6.07, 6.45) is -9.80. The maximum Gasteiger partial charge on any atom is 0.416 e. The Labute approximate surface area is 157 Å². The van der Waals surface area contributed by atoms with Crippen molar-refractivity contribution in [1.29, 1.82) is 0 Å². The molecule has 3 rings (SSSR count). The van der Waals surface area contributed by atoms with E-state index in [2.05, 4.69) is 5.32 Å². The van der Waals surface area contributed by atoms with E-state index in [4.69, 9.17) is 0 Å². The number of alkyl halides is 6. The monoisotopic (exact) mass is 402 g/mol. The molecule has 3 nitrogen and oxygen atoms in total. The second-order valence-electron chi connectivity index (χ2n) is 6.49. The normalized spacial score (nSPS) is 15.8. The minimum absolute atomic E-state index is 0.104. The summed E-state index contributed by atoms with van der Waals surface area (Å²) in [5.41, 5.74) is -2.06. The summed E-state index contributed by atoms with van der Waals surface area (Å²) in [5, 5.41) is 2.92. The Balaban J connectivity index is 1.97. The molecule has 0 radical (unpaired) electrons. The zero-order chi connectivity index (χ0) is 20.5. The number of nitrogens with zero attached hydrogens (tertiary/aromatic N) is 1. The van der Waals surface area contributed by atoms with Crippen LogP contribution in [0.2, 0.25) is 0 Å². The van der Waals surface area contributed by atoms with E-state index in [1.165, 1.54) is 12.1 Å². The molecule has 0 bridgehead atoms. The highest BCUT2D eigenvalue weighted by molar-refractivity contribution is 5.79. The quantitative estimate of drug-likeness (QED) is 0.776. The van der Waals surface area contributed by atoms with E-state index >= 15 is 0 Å². The van der Waals surface area contributed by atoms with E-state index in [0.29, 0.717) is 30.8 Å². The Bertz CT molecular complexity index is 843. The number of hydrogen-bond donors (Lipinski definition) is 1. The van der Waals surface area contributed by atoms with Gasteiger partial charge in [0, 0.05) is 19.6 Å². The van der Waals surface area contributed by atoms with Crippen LogP contribution in [0.25, 0.3) is 11.1 Å². The van der Waals surface area contributed by atoms with Crippen LogP contribution in [0.1, 0.15) is 16.7 Å². The van der Waals surface area contributed by atoms with Gasteiger partial charge in [-0.3, -0.25) is 4.79 Å². The lowest BCUT2D eigenvalue weighted by molar-refractivity contribution is -0.143. The lowest BCUT2D eigenvalue weighted by Crippen LogP contribution is -2.47. The topological polar surface area (TPSA) is 32.3 Å². The Hall–Kier alpha value is -2.55. The van der Waals surface area contributed by atoms with Crippen LogP contribution in [0.3, 0.4) is 0 Å². The van der Waals surface area contributed by atoms with Crippen LogP contribution in [0.15, 0.2) is 42.5 Å². The summed E-state index contributed by atoms with van der Waals surface area (Å²) in [6, 6.07) is 7.67. The van der Waals surface area contributed by atoms with E-state index in [9.17, 15) is 31.1 Å². The van der Waals surface area contributed by atoms with Crippen molar-refractivity contribution in [2.75, 3.05) is 19.6 Å². The molecule has 2 aromatic rings. The number of amides is 1. The van der Waals surface area contributed by atoms with Crippen molar-refractivity contribution in [1.82, 2.24) is 10.2 Å². The van der Waals surface area contributed by atoms with Crippen LogP contribution in [-0.2, 0) is 23.7 Å². The van der Waals surface area contributed by atoms with Gasteiger partial charge in [-0.2, -0.15) is 26.3 Å². The van der Waals surface area contributed by atoms with E-state index in [1.54, 1.807) is 17.0 Å². The molecule has 28 heavy (non-hydrogen) atoms. The van der Waals surface area contributed by atoms with Gasteiger partial charge in [-0.15, -0.1) is 0 Å². The molecule has 1 aliphatic rings. The number of nitrogens with one attached hydrogen (secondary N) is 1. The maximum atomic E-state index is 13.1. The zero-order valence-corrected chi connectivity index (χ0v) is 14.5. The molecule has 0 aliphatic carbocycles. The standard InChI is InChI=1S/C19H16F6N2O/c20-18(21,22)15-7-14(8-16(9-15)19(23,24)25)13-3-1-2-12(6-13)11-27-5-4-26-10-17(27)28/h1-3,6-9,26H,4-5,10-11H2. The van der Waals surface area contributed by atoms with Crippen molar-refractivity contribution in [2.24, 2.45) is 0 Å². The van der Waals surface area contributed by atoms with Gasteiger partial charge < -0.3 is 10.2 Å². The fraction of sp³-hybridized carbons (Fsp3) is 0.316. The molecule has 1 amide bonds. The summed E-state index contributed by atoms with van der Waals surface area (Å²) in [5.74, 6) is -0.116. The number of piperazine rings is 1. The fourth-order valence-electron chi connectivity index (χ4n) is 3.00. The van der Waals surface area contributed by atoms with Gasteiger partial charge in [0.15, 0.2) is 0 Å². The third-order valence-electron chi connectivity index (χ3n) is 4.41. The van der Waals surface area contributed by atoms with Gasteiger partial charge in [-0.05, 0) is 41.0 Å². The van der Waals surface area contributed by atoms with Crippen molar-refractivity contribution >= 4 is 5.91 Å². The van der Waals surface area contributed by atoms with Crippen molar-refractivity contribution < 1.29 is 31.1 Å². The summed E-state index contributed by atoms with van der Waals surface area (Å²) >= 11 is 0. The van der Waals surface area contributed by atoms with Crippen LogP contribution in [0.4, 0.5) is 26.3 Å². The van der Waals surface area contributed by atoms with Crippen LogP contribution in [0.5, 0.6) is 0 Å². The molecule has 1 heterocycles. The fourth-order valence-corrected chi connectivity index (χ4v) is 3.00. The van der Waals surface area contributed by atoms with E-state index < -0.39 is 23.5 Å². The molecule has 0 spiro atoms. The molecular weight excluding hydrogens is 386 g/mol. The second kappa shape index (κ2) is 7.46. The van der Waals surface area contributed by atoms with E-state index in [-0.39, 0.29) is 36.2 Å². The number of carbonyl (C=O) groups excluding carboxylic acids is 1. The largest absolute Gasteiger partial charge is 0.416 e. The third-order valence-corrected chi connectivity index (χ3v) is 4.41. The lowest BCUT2D eigenvalue weighted by atomic mass is 9.97. The average molecular weight is 402 g/mol. The van der Waals surface area contributed by atoms with Crippen LogP contribution in [0, 0.1) is 0 Å². The second-order valence-corrected chi connectivity index (χ2v) is 6.49. The average Bonchev–Trinajstić information content (AvgIpc) is 2.62. The van der Waals surface area contributed by atoms with Crippen molar-refractivity contribution in [3.63, 3.8) is 0 Å². The van der Waals surface area contributed by atoms with Gasteiger partial charge in [0.1, 0.15) is 0 Å². The zero-order valence-electron chi connectivity index (χ0n) is 14.5. The molecule has 1 fully saturated rings. The molecule has 0 aromatic heterocycles. The van der Waals surface area contributed by atoms with Gasteiger partial charge in [-0.25, -0.2) is 0 Å². The minimum atomic E-state index is -4.90. The molecule has 1 saturated heterocycles. The highest BCUT2D eigenvalue weighted by Gasteiger charge is 2.37. The number of hydrogen-bond acceptors (Lipinski definition) is 2. The Kier molecular flexibility index (Phi) is 5.38. The maximum absolute atomic E-state index is 13.1. The Morgan fingerprint density at radius 1 is 0.893 bits per heavy atom. The molecule has 9 heteroatoms. The smallest absolute Gasteiger partial charge is 0.336 e.